The predicted octanol–water partition coefficient (Wildman–Crippen LogP) is 2.49. The smallest absolute Gasteiger partial charge is 0.136 e. The van der Waals surface area contributed by atoms with E-state index in [0.717, 1.165) is 24.6 Å². The van der Waals surface area contributed by atoms with E-state index in [0.29, 0.717) is 17.0 Å². The Morgan fingerprint density at radius 1 is 1.53 bits per heavy atom. The normalized spacial score (nSPS) is 16.8. The molecule has 1 saturated carbocycles. The Morgan fingerprint density at radius 2 is 2.29 bits per heavy atom. The molecule has 94 valence electrons. The minimum Gasteiger partial charge on any atom is -0.384 e. The standard InChI is InChI=1S/C12H20N4S/c1-8(17-2)5-6-14-11-7-10(13)15-12(16-11)9-3-4-9/h7-9H,3-6H2,1-2H3,(H3,13,14,15,16). The lowest BCUT2D eigenvalue weighted by Gasteiger charge is -2.10. The molecule has 0 saturated heterocycles. The molecule has 2 rings (SSSR count). The van der Waals surface area contributed by atoms with Crippen molar-refractivity contribution in [2.45, 2.75) is 37.4 Å². The van der Waals surface area contributed by atoms with Crippen molar-refractivity contribution >= 4 is 23.4 Å². The number of nitrogen functional groups attached to an aromatic ring is 1. The first kappa shape index (κ1) is 12.5. The molecule has 0 aliphatic heterocycles. The van der Waals surface area contributed by atoms with Crippen LogP contribution >= 0.6 is 11.8 Å². The molecule has 0 bridgehead atoms. The fraction of sp³-hybridized carbons (Fsp3) is 0.667. The highest BCUT2D eigenvalue weighted by molar-refractivity contribution is 7.99. The zero-order valence-corrected chi connectivity index (χ0v) is 11.3. The fourth-order valence-electron chi connectivity index (χ4n) is 1.62. The summed E-state index contributed by atoms with van der Waals surface area (Å²) >= 11 is 1.88. The van der Waals surface area contributed by atoms with Gasteiger partial charge in [0.25, 0.3) is 0 Å². The van der Waals surface area contributed by atoms with Crippen LogP contribution in [-0.4, -0.2) is 28.0 Å². The second-order valence-electron chi connectivity index (χ2n) is 4.57. The van der Waals surface area contributed by atoms with Gasteiger partial charge in [-0.3, -0.25) is 0 Å². The third-order valence-electron chi connectivity index (χ3n) is 2.97. The van der Waals surface area contributed by atoms with Gasteiger partial charge >= 0.3 is 0 Å². The second kappa shape index (κ2) is 5.58. The van der Waals surface area contributed by atoms with Gasteiger partial charge in [0.2, 0.25) is 0 Å². The average Bonchev–Trinajstić information content (AvgIpc) is 3.12. The Balaban J connectivity index is 1.91. The Morgan fingerprint density at radius 3 is 2.94 bits per heavy atom. The van der Waals surface area contributed by atoms with Gasteiger partial charge in [0, 0.05) is 23.8 Å². The second-order valence-corrected chi connectivity index (χ2v) is 5.85. The third-order valence-corrected chi connectivity index (χ3v) is 4.01. The minimum atomic E-state index is 0.546. The SMILES string of the molecule is CSC(C)CCNc1cc(N)nc(C2CC2)n1. The molecule has 0 spiro atoms. The summed E-state index contributed by atoms with van der Waals surface area (Å²) < 4.78 is 0. The van der Waals surface area contributed by atoms with Crippen molar-refractivity contribution in [2.24, 2.45) is 0 Å². The maximum absolute atomic E-state index is 5.79. The molecule has 1 fully saturated rings. The first-order valence-electron chi connectivity index (χ1n) is 6.10. The first-order chi connectivity index (χ1) is 8.19. The van der Waals surface area contributed by atoms with Crippen molar-refractivity contribution in [1.82, 2.24) is 9.97 Å². The highest BCUT2D eigenvalue weighted by Crippen LogP contribution is 2.38. The summed E-state index contributed by atoms with van der Waals surface area (Å²) in [6, 6.07) is 1.82. The van der Waals surface area contributed by atoms with E-state index in [1.165, 1.54) is 12.8 Å². The molecule has 0 aromatic carbocycles. The molecule has 17 heavy (non-hydrogen) atoms. The van der Waals surface area contributed by atoms with Gasteiger partial charge in [-0.15, -0.1) is 0 Å². The van der Waals surface area contributed by atoms with E-state index in [2.05, 4.69) is 28.5 Å². The van der Waals surface area contributed by atoms with Crippen LogP contribution in [0, 0.1) is 0 Å². The zero-order chi connectivity index (χ0) is 12.3. The molecular weight excluding hydrogens is 232 g/mol. The predicted molar refractivity (Wildman–Crippen MR) is 74.5 cm³/mol. The molecule has 1 unspecified atom stereocenters. The van der Waals surface area contributed by atoms with Gasteiger partial charge < -0.3 is 11.1 Å². The van der Waals surface area contributed by atoms with Crippen molar-refractivity contribution in [1.29, 1.82) is 0 Å². The fourth-order valence-corrected chi connectivity index (χ4v) is 1.97. The van der Waals surface area contributed by atoms with Gasteiger partial charge in [0.15, 0.2) is 0 Å². The van der Waals surface area contributed by atoms with Crippen molar-refractivity contribution in [2.75, 3.05) is 23.9 Å². The summed E-state index contributed by atoms with van der Waals surface area (Å²) in [4.78, 5) is 8.79. The monoisotopic (exact) mass is 252 g/mol. The highest BCUT2D eigenvalue weighted by atomic mass is 32.2. The quantitative estimate of drug-likeness (QED) is 0.814. The topological polar surface area (TPSA) is 63.8 Å². The lowest BCUT2D eigenvalue weighted by atomic mass is 10.3. The molecule has 0 amide bonds. The number of hydrogen-bond acceptors (Lipinski definition) is 5. The zero-order valence-electron chi connectivity index (χ0n) is 10.4. The number of thioether (sulfide) groups is 1. The van der Waals surface area contributed by atoms with Gasteiger partial charge in [-0.1, -0.05) is 6.92 Å². The molecule has 1 aromatic rings. The maximum Gasteiger partial charge on any atom is 0.136 e. The Hall–Kier alpha value is -0.970. The number of hydrogen-bond donors (Lipinski definition) is 2. The van der Waals surface area contributed by atoms with Gasteiger partial charge in [-0.2, -0.15) is 11.8 Å². The van der Waals surface area contributed by atoms with Gasteiger partial charge in [0.1, 0.15) is 17.5 Å². The van der Waals surface area contributed by atoms with E-state index in [9.17, 15) is 0 Å². The summed E-state index contributed by atoms with van der Waals surface area (Å²) in [5.41, 5.74) is 5.79. The van der Waals surface area contributed by atoms with Crippen LogP contribution in [0.3, 0.4) is 0 Å². The summed E-state index contributed by atoms with van der Waals surface area (Å²) in [5, 5.41) is 4.00. The number of anilines is 2. The van der Waals surface area contributed by atoms with Crippen LogP contribution in [-0.2, 0) is 0 Å². The molecule has 1 atom stereocenters. The van der Waals surface area contributed by atoms with Crippen LogP contribution in [0.5, 0.6) is 0 Å². The van der Waals surface area contributed by atoms with Gasteiger partial charge in [0.05, 0.1) is 0 Å². The summed E-state index contributed by atoms with van der Waals surface area (Å²) in [5.74, 6) is 2.89. The maximum atomic E-state index is 5.79. The van der Waals surface area contributed by atoms with Gasteiger partial charge in [-0.25, -0.2) is 9.97 Å². The first-order valence-corrected chi connectivity index (χ1v) is 7.39. The van der Waals surface area contributed by atoms with E-state index in [1.807, 2.05) is 17.8 Å². The van der Waals surface area contributed by atoms with E-state index in [1.54, 1.807) is 0 Å². The molecule has 1 aromatic heterocycles. The number of nitrogens with one attached hydrogen (secondary N) is 1. The third kappa shape index (κ3) is 3.77. The van der Waals surface area contributed by atoms with Crippen molar-refractivity contribution < 1.29 is 0 Å². The Kier molecular flexibility index (Phi) is 4.10. The molecule has 1 aliphatic rings. The van der Waals surface area contributed by atoms with Crippen LogP contribution in [0.1, 0.15) is 37.9 Å². The largest absolute Gasteiger partial charge is 0.384 e. The van der Waals surface area contributed by atoms with Crippen LogP contribution in [0.2, 0.25) is 0 Å². The molecule has 3 N–H and O–H groups in total. The highest BCUT2D eigenvalue weighted by Gasteiger charge is 2.27. The van der Waals surface area contributed by atoms with Crippen molar-refractivity contribution in [3.05, 3.63) is 11.9 Å². The van der Waals surface area contributed by atoms with Crippen LogP contribution in [0.15, 0.2) is 6.07 Å². The molecule has 1 heterocycles. The molecule has 0 radical (unpaired) electrons. The molecule has 1 aliphatic carbocycles. The Labute approximate surface area is 107 Å². The van der Waals surface area contributed by atoms with E-state index in [-0.39, 0.29) is 0 Å². The molecule has 4 nitrogen and oxygen atoms in total. The van der Waals surface area contributed by atoms with Crippen LogP contribution in [0.25, 0.3) is 0 Å². The average molecular weight is 252 g/mol. The van der Waals surface area contributed by atoms with Crippen molar-refractivity contribution in [3.8, 4) is 0 Å². The number of nitrogens with zero attached hydrogens (tertiary/aromatic N) is 2. The van der Waals surface area contributed by atoms with Gasteiger partial charge in [-0.05, 0) is 25.5 Å². The van der Waals surface area contributed by atoms with Crippen LogP contribution in [0.4, 0.5) is 11.6 Å². The summed E-state index contributed by atoms with van der Waals surface area (Å²) in [7, 11) is 0. The lowest BCUT2D eigenvalue weighted by Crippen LogP contribution is -2.10. The minimum absolute atomic E-state index is 0.546. The number of nitrogens with two attached hydrogens (primary N) is 1. The lowest BCUT2D eigenvalue weighted by molar-refractivity contribution is 0.843. The molecule has 5 heteroatoms. The number of rotatable bonds is 6. The number of aromatic nitrogens is 2. The van der Waals surface area contributed by atoms with Crippen molar-refractivity contribution in [3.63, 3.8) is 0 Å². The van der Waals surface area contributed by atoms with Crippen LogP contribution < -0.4 is 11.1 Å². The molecular formula is C12H20N4S. The van der Waals surface area contributed by atoms with E-state index in [4.69, 9.17) is 5.73 Å². The Bertz CT molecular complexity index is 379. The van der Waals surface area contributed by atoms with E-state index < -0.39 is 0 Å². The summed E-state index contributed by atoms with van der Waals surface area (Å²) in [6.07, 6.45) is 5.67. The van der Waals surface area contributed by atoms with E-state index >= 15 is 0 Å². The summed E-state index contributed by atoms with van der Waals surface area (Å²) in [6.45, 7) is 3.17.